The van der Waals surface area contributed by atoms with Crippen LogP contribution in [-0.4, -0.2) is 15.5 Å². The van der Waals surface area contributed by atoms with Gasteiger partial charge in [-0.2, -0.15) is 0 Å². The molecule has 2 N–H and O–H groups in total. The Hall–Kier alpha value is -0.870. The molecule has 0 aromatic carbocycles. The van der Waals surface area contributed by atoms with E-state index in [4.69, 9.17) is 11.6 Å². The Morgan fingerprint density at radius 3 is 2.67 bits per heavy atom. The van der Waals surface area contributed by atoms with Gasteiger partial charge in [-0.3, -0.25) is 0 Å². The summed E-state index contributed by atoms with van der Waals surface area (Å²) in [6.07, 6.45) is 0. The summed E-state index contributed by atoms with van der Waals surface area (Å²) in [6.45, 7) is 7.87. The number of rotatable bonds is 1. The molecule has 0 bridgehead atoms. The van der Waals surface area contributed by atoms with Crippen molar-refractivity contribution >= 4 is 17.4 Å². The number of hydrogen-bond donors (Lipinski definition) is 2. The minimum Gasteiger partial charge on any atom is -0.365 e. The van der Waals surface area contributed by atoms with Gasteiger partial charge in [-0.15, -0.1) is 0 Å². The van der Waals surface area contributed by atoms with Crippen molar-refractivity contribution in [3.8, 4) is 0 Å². The van der Waals surface area contributed by atoms with Crippen LogP contribution in [0.1, 0.15) is 32.0 Å². The summed E-state index contributed by atoms with van der Waals surface area (Å²) in [5.74, 6) is 0.850. The zero-order valence-corrected chi connectivity index (χ0v) is 9.94. The summed E-state index contributed by atoms with van der Waals surface area (Å²) in [5.41, 5.74) is 2.12. The van der Waals surface area contributed by atoms with E-state index in [0.717, 1.165) is 30.2 Å². The fourth-order valence-electron chi connectivity index (χ4n) is 1.60. The summed E-state index contributed by atoms with van der Waals surface area (Å²) >= 11 is 5.87. The minimum absolute atomic E-state index is 0.0198. The molecule has 1 aliphatic heterocycles. The zero-order chi connectivity index (χ0) is 11.1. The van der Waals surface area contributed by atoms with Crippen molar-refractivity contribution in [1.29, 1.82) is 0 Å². The van der Waals surface area contributed by atoms with E-state index < -0.39 is 0 Å². The number of anilines is 1. The molecule has 0 atom stereocenters. The standard InChI is InChI=1S/C10H15ClN4/c1-10(2,3)15-8-6-4-12-5-7(6)13-9(11)14-8/h12H,4-5H2,1-3H3,(H,13,14,15). The quantitative estimate of drug-likeness (QED) is 0.719. The van der Waals surface area contributed by atoms with Crippen molar-refractivity contribution in [2.75, 3.05) is 5.32 Å². The Morgan fingerprint density at radius 2 is 2.00 bits per heavy atom. The molecule has 0 fully saturated rings. The van der Waals surface area contributed by atoms with Crippen LogP contribution < -0.4 is 10.6 Å². The summed E-state index contributed by atoms with van der Waals surface area (Å²) in [5, 5.41) is 6.90. The highest BCUT2D eigenvalue weighted by atomic mass is 35.5. The Kier molecular flexibility index (Phi) is 2.56. The number of halogens is 1. The second-order valence-corrected chi connectivity index (χ2v) is 5.08. The second-order valence-electron chi connectivity index (χ2n) is 4.75. The van der Waals surface area contributed by atoms with Gasteiger partial charge in [0.25, 0.3) is 0 Å². The van der Waals surface area contributed by atoms with Crippen LogP contribution in [-0.2, 0) is 13.1 Å². The number of fused-ring (bicyclic) bond motifs is 1. The maximum absolute atomic E-state index is 5.87. The molecule has 0 saturated heterocycles. The zero-order valence-electron chi connectivity index (χ0n) is 9.19. The lowest BCUT2D eigenvalue weighted by Gasteiger charge is -2.22. The van der Waals surface area contributed by atoms with E-state index in [-0.39, 0.29) is 5.54 Å². The Balaban J connectivity index is 2.39. The van der Waals surface area contributed by atoms with Gasteiger partial charge in [0.2, 0.25) is 5.28 Å². The lowest BCUT2D eigenvalue weighted by atomic mass is 10.1. The predicted molar refractivity (Wildman–Crippen MR) is 61.0 cm³/mol. The molecule has 1 aromatic rings. The highest BCUT2D eigenvalue weighted by molar-refractivity contribution is 6.28. The molecule has 0 aliphatic carbocycles. The second kappa shape index (κ2) is 3.61. The average Bonchev–Trinajstić information content (AvgIpc) is 2.48. The monoisotopic (exact) mass is 226 g/mol. The van der Waals surface area contributed by atoms with Gasteiger partial charge in [-0.1, -0.05) is 0 Å². The average molecular weight is 227 g/mol. The van der Waals surface area contributed by atoms with Crippen LogP contribution in [0.25, 0.3) is 0 Å². The van der Waals surface area contributed by atoms with Crippen molar-refractivity contribution in [1.82, 2.24) is 15.3 Å². The molecule has 1 aliphatic rings. The van der Waals surface area contributed by atoms with Crippen LogP contribution in [0.4, 0.5) is 5.82 Å². The third-order valence-corrected chi connectivity index (χ3v) is 2.32. The summed E-state index contributed by atoms with van der Waals surface area (Å²) in [7, 11) is 0. The third kappa shape index (κ3) is 2.38. The molecule has 0 radical (unpaired) electrons. The van der Waals surface area contributed by atoms with Gasteiger partial charge in [-0.25, -0.2) is 9.97 Å². The van der Waals surface area contributed by atoms with Gasteiger partial charge in [-0.05, 0) is 32.4 Å². The van der Waals surface area contributed by atoms with Crippen LogP contribution in [0.15, 0.2) is 0 Å². The van der Waals surface area contributed by atoms with E-state index in [1.54, 1.807) is 0 Å². The van der Waals surface area contributed by atoms with Crippen LogP contribution in [0.2, 0.25) is 5.28 Å². The Labute approximate surface area is 94.5 Å². The summed E-state index contributed by atoms with van der Waals surface area (Å²) < 4.78 is 0. The van der Waals surface area contributed by atoms with Gasteiger partial charge in [0.05, 0.1) is 5.69 Å². The molecule has 82 valence electrons. The van der Waals surface area contributed by atoms with Crippen LogP contribution in [0.5, 0.6) is 0 Å². The largest absolute Gasteiger partial charge is 0.365 e. The smallest absolute Gasteiger partial charge is 0.224 e. The lowest BCUT2D eigenvalue weighted by Crippen LogP contribution is -2.27. The molecule has 5 heteroatoms. The fraction of sp³-hybridized carbons (Fsp3) is 0.600. The Morgan fingerprint density at radius 1 is 1.27 bits per heavy atom. The molecule has 4 nitrogen and oxygen atoms in total. The highest BCUT2D eigenvalue weighted by Gasteiger charge is 2.21. The minimum atomic E-state index is -0.0198. The van der Waals surface area contributed by atoms with E-state index in [0.29, 0.717) is 5.28 Å². The molecule has 0 spiro atoms. The van der Waals surface area contributed by atoms with Crippen LogP contribution in [0.3, 0.4) is 0 Å². The van der Waals surface area contributed by atoms with E-state index >= 15 is 0 Å². The fourth-order valence-corrected chi connectivity index (χ4v) is 1.78. The highest BCUT2D eigenvalue weighted by Crippen LogP contribution is 2.25. The van der Waals surface area contributed by atoms with Crippen molar-refractivity contribution < 1.29 is 0 Å². The van der Waals surface area contributed by atoms with Crippen molar-refractivity contribution in [3.63, 3.8) is 0 Å². The normalized spacial score (nSPS) is 15.2. The molecule has 15 heavy (non-hydrogen) atoms. The first kappa shape index (κ1) is 10.6. The third-order valence-electron chi connectivity index (χ3n) is 2.15. The van der Waals surface area contributed by atoms with Gasteiger partial charge in [0.15, 0.2) is 0 Å². The lowest BCUT2D eigenvalue weighted by molar-refractivity contribution is 0.628. The molecule has 0 unspecified atom stereocenters. The molecular formula is C10H15ClN4. The van der Waals surface area contributed by atoms with E-state index in [1.165, 1.54) is 0 Å². The number of nitrogens with one attached hydrogen (secondary N) is 2. The van der Waals surface area contributed by atoms with Crippen molar-refractivity contribution in [3.05, 3.63) is 16.5 Å². The molecule has 2 heterocycles. The maximum atomic E-state index is 5.87. The van der Waals surface area contributed by atoms with E-state index in [9.17, 15) is 0 Å². The first-order chi connectivity index (χ1) is 6.96. The van der Waals surface area contributed by atoms with Crippen LogP contribution >= 0.6 is 11.6 Å². The number of nitrogens with zero attached hydrogens (tertiary/aromatic N) is 2. The maximum Gasteiger partial charge on any atom is 0.224 e. The summed E-state index contributed by atoms with van der Waals surface area (Å²) in [4.78, 5) is 8.43. The first-order valence-electron chi connectivity index (χ1n) is 5.00. The molecule has 1 aromatic heterocycles. The van der Waals surface area contributed by atoms with Crippen molar-refractivity contribution in [2.24, 2.45) is 0 Å². The molecule has 2 rings (SSSR count). The van der Waals surface area contributed by atoms with Gasteiger partial charge in [0, 0.05) is 24.2 Å². The molecule has 0 amide bonds. The van der Waals surface area contributed by atoms with Gasteiger partial charge >= 0.3 is 0 Å². The number of hydrogen-bond acceptors (Lipinski definition) is 4. The molecule has 0 saturated carbocycles. The Bertz CT molecular complexity index is 384. The number of aromatic nitrogens is 2. The van der Waals surface area contributed by atoms with Crippen molar-refractivity contribution in [2.45, 2.75) is 39.4 Å². The summed E-state index contributed by atoms with van der Waals surface area (Å²) in [6, 6.07) is 0. The van der Waals surface area contributed by atoms with E-state index in [1.807, 2.05) is 0 Å². The van der Waals surface area contributed by atoms with E-state index in [2.05, 4.69) is 41.4 Å². The van der Waals surface area contributed by atoms with Crippen LogP contribution in [0, 0.1) is 0 Å². The topological polar surface area (TPSA) is 49.8 Å². The predicted octanol–water partition coefficient (Wildman–Crippen LogP) is 1.94. The first-order valence-corrected chi connectivity index (χ1v) is 5.38. The molecular weight excluding hydrogens is 212 g/mol. The SMILES string of the molecule is CC(C)(C)Nc1nc(Cl)nc2c1CNC2. The van der Waals surface area contributed by atoms with Gasteiger partial charge in [0.1, 0.15) is 5.82 Å². The van der Waals surface area contributed by atoms with Gasteiger partial charge < -0.3 is 10.6 Å².